The number of ether oxygens (including phenoxy) is 1. The lowest BCUT2D eigenvalue weighted by atomic mass is 9.65. The Balaban J connectivity index is 2.33. The zero-order chi connectivity index (χ0) is 20.2. The number of nitrogens with zero attached hydrogens (tertiary/aromatic N) is 2. The highest BCUT2D eigenvalue weighted by molar-refractivity contribution is 7.98. The molecule has 1 heterocycles. The standard InChI is InChI=1S/C20H26N2O4S/c1-19(2,3)26-18(25)22-10-8-20(9-11-22,16(13-21)17(23)24)14-6-5-7-15(12-14)27-4/h5-7,12,16H,8-11H2,1-4H3,(H,23,24). The van der Waals surface area contributed by atoms with Gasteiger partial charge in [0, 0.05) is 23.4 Å². The summed E-state index contributed by atoms with van der Waals surface area (Å²) in [5.74, 6) is -2.30. The predicted octanol–water partition coefficient (Wildman–Crippen LogP) is 3.90. The number of carbonyl (C=O) groups excluding carboxylic acids is 1. The molecule has 1 aromatic carbocycles. The van der Waals surface area contributed by atoms with Crippen molar-refractivity contribution in [2.24, 2.45) is 5.92 Å². The number of thioether (sulfide) groups is 1. The second kappa shape index (κ2) is 8.22. The Kier molecular flexibility index (Phi) is 6.42. The van der Waals surface area contributed by atoms with E-state index in [0.717, 1.165) is 10.5 Å². The summed E-state index contributed by atoms with van der Waals surface area (Å²) in [4.78, 5) is 26.8. The Labute approximate surface area is 164 Å². The van der Waals surface area contributed by atoms with Crippen molar-refractivity contribution in [3.05, 3.63) is 29.8 Å². The molecule has 0 bridgehead atoms. The molecular weight excluding hydrogens is 364 g/mol. The van der Waals surface area contributed by atoms with E-state index < -0.39 is 29.0 Å². The molecule has 1 aliphatic rings. The van der Waals surface area contributed by atoms with E-state index in [0.29, 0.717) is 25.9 Å². The normalized spacial score (nSPS) is 17.7. The second-order valence-electron chi connectivity index (χ2n) is 7.76. The first-order chi connectivity index (χ1) is 12.6. The minimum atomic E-state index is -1.17. The lowest BCUT2D eigenvalue weighted by molar-refractivity contribution is -0.142. The highest BCUT2D eigenvalue weighted by Crippen LogP contribution is 2.43. The quantitative estimate of drug-likeness (QED) is 0.784. The van der Waals surface area contributed by atoms with E-state index in [9.17, 15) is 20.0 Å². The minimum Gasteiger partial charge on any atom is -0.480 e. The van der Waals surface area contributed by atoms with Crippen LogP contribution in [0.5, 0.6) is 0 Å². The molecule has 0 aliphatic carbocycles. The summed E-state index contributed by atoms with van der Waals surface area (Å²) in [5.41, 5.74) is -0.577. The molecule has 1 atom stereocenters. The smallest absolute Gasteiger partial charge is 0.410 e. The molecule has 6 nitrogen and oxygen atoms in total. The summed E-state index contributed by atoms with van der Waals surface area (Å²) < 4.78 is 5.42. The number of rotatable bonds is 4. The molecule has 2 rings (SSSR count). The van der Waals surface area contributed by atoms with E-state index in [1.165, 1.54) is 0 Å². The van der Waals surface area contributed by atoms with Crippen LogP contribution in [0.2, 0.25) is 0 Å². The van der Waals surface area contributed by atoms with Gasteiger partial charge in [0.2, 0.25) is 0 Å². The van der Waals surface area contributed by atoms with Crippen molar-refractivity contribution in [2.45, 2.75) is 49.5 Å². The molecule has 1 fully saturated rings. The van der Waals surface area contributed by atoms with Crippen molar-refractivity contribution in [1.29, 1.82) is 5.26 Å². The topological polar surface area (TPSA) is 90.6 Å². The number of likely N-dealkylation sites (tertiary alicyclic amines) is 1. The molecule has 7 heteroatoms. The number of benzene rings is 1. The fourth-order valence-corrected chi connectivity index (χ4v) is 3.97. The highest BCUT2D eigenvalue weighted by atomic mass is 32.2. The Hall–Kier alpha value is -2.20. The average Bonchev–Trinajstić information content (AvgIpc) is 2.61. The van der Waals surface area contributed by atoms with Gasteiger partial charge in [0.1, 0.15) is 5.60 Å². The van der Waals surface area contributed by atoms with Crippen molar-refractivity contribution in [2.75, 3.05) is 19.3 Å². The van der Waals surface area contributed by atoms with Gasteiger partial charge < -0.3 is 14.7 Å². The Morgan fingerprint density at radius 1 is 1.33 bits per heavy atom. The maximum Gasteiger partial charge on any atom is 0.410 e. The van der Waals surface area contributed by atoms with Gasteiger partial charge in [-0.05, 0) is 57.6 Å². The van der Waals surface area contributed by atoms with Gasteiger partial charge in [0.25, 0.3) is 0 Å². The number of nitriles is 1. The van der Waals surface area contributed by atoms with E-state index in [4.69, 9.17) is 4.74 Å². The van der Waals surface area contributed by atoms with Gasteiger partial charge in [-0.2, -0.15) is 5.26 Å². The molecule has 0 spiro atoms. The number of amides is 1. The molecule has 0 radical (unpaired) electrons. The number of hydrogen-bond donors (Lipinski definition) is 1. The summed E-state index contributed by atoms with van der Waals surface area (Å²) in [7, 11) is 0. The van der Waals surface area contributed by atoms with Crippen molar-refractivity contribution >= 4 is 23.8 Å². The Morgan fingerprint density at radius 2 is 1.96 bits per heavy atom. The van der Waals surface area contributed by atoms with Crippen LogP contribution in [0.3, 0.4) is 0 Å². The number of piperidine rings is 1. The molecule has 1 unspecified atom stereocenters. The third-order valence-electron chi connectivity index (χ3n) is 4.88. The Bertz CT molecular complexity index is 743. The van der Waals surface area contributed by atoms with Crippen LogP contribution >= 0.6 is 11.8 Å². The van der Waals surface area contributed by atoms with Crippen molar-refractivity contribution < 1.29 is 19.4 Å². The Morgan fingerprint density at radius 3 is 2.44 bits per heavy atom. The number of carboxylic acid groups (broad SMARTS) is 1. The van der Waals surface area contributed by atoms with E-state index >= 15 is 0 Å². The average molecular weight is 391 g/mol. The molecule has 1 amide bonds. The maximum absolute atomic E-state index is 12.4. The van der Waals surface area contributed by atoms with Crippen LogP contribution in [0, 0.1) is 17.2 Å². The predicted molar refractivity (Wildman–Crippen MR) is 104 cm³/mol. The number of carboxylic acids is 1. The maximum atomic E-state index is 12.4. The van der Waals surface area contributed by atoms with Crippen LogP contribution in [-0.4, -0.2) is 47.0 Å². The van der Waals surface area contributed by atoms with Gasteiger partial charge in [-0.15, -0.1) is 11.8 Å². The molecule has 27 heavy (non-hydrogen) atoms. The van der Waals surface area contributed by atoms with Crippen LogP contribution in [0.15, 0.2) is 29.2 Å². The summed E-state index contributed by atoms with van der Waals surface area (Å²) in [6.07, 6.45) is 2.34. The molecule has 1 aromatic rings. The van der Waals surface area contributed by atoms with E-state index in [1.807, 2.05) is 57.4 Å². The lowest BCUT2D eigenvalue weighted by Gasteiger charge is -2.43. The largest absolute Gasteiger partial charge is 0.480 e. The molecule has 1 N–H and O–H groups in total. The van der Waals surface area contributed by atoms with Gasteiger partial charge in [0.05, 0.1) is 6.07 Å². The number of hydrogen-bond acceptors (Lipinski definition) is 5. The molecule has 1 saturated heterocycles. The van der Waals surface area contributed by atoms with E-state index in [-0.39, 0.29) is 0 Å². The van der Waals surface area contributed by atoms with Gasteiger partial charge in [-0.1, -0.05) is 12.1 Å². The van der Waals surface area contributed by atoms with E-state index in [1.54, 1.807) is 16.7 Å². The van der Waals surface area contributed by atoms with Gasteiger partial charge in [-0.3, -0.25) is 4.79 Å². The fraction of sp³-hybridized carbons (Fsp3) is 0.550. The van der Waals surface area contributed by atoms with Crippen LogP contribution in [-0.2, 0) is 14.9 Å². The SMILES string of the molecule is CSc1cccc(C2(C(C#N)C(=O)O)CCN(C(=O)OC(C)(C)C)CC2)c1. The lowest BCUT2D eigenvalue weighted by Crippen LogP contribution is -2.51. The van der Waals surface area contributed by atoms with E-state index in [2.05, 4.69) is 0 Å². The van der Waals surface area contributed by atoms with Crippen molar-refractivity contribution in [1.82, 2.24) is 4.90 Å². The summed E-state index contributed by atoms with van der Waals surface area (Å²) in [5, 5.41) is 19.3. The molecular formula is C20H26N2O4S. The summed E-state index contributed by atoms with van der Waals surface area (Å²) >= 11 is 1.57. The molecule has 0 saturated carbocycles. The second-order valence-corrected chi connectivity index (χ2v) is 8.64. The molecule has 1 aliphatic heterocycles. The number of aliphatic carboxylic acids is 1. The van der Waals surface area contributed by atoms with Crippen molar-refractivity contribution in [3.8, 4) is 6.07 Å². The van der Waals surface area contributed by atoms with Gasteiger partial charge in [-0.25, -0.2) is 4.79 Å². The third-order valence-corrected chi connectivity index (χ3v) is 5.61. The zero-order valence-corrected chi connectivity index (χ0v) is 17.0. The van der Waals surface area contributed by atoms with Gasteiger partial charge in [0.15, 0.2) is 5.92 Å². The van der Waals surface area contributed by atoms with Crippen LogP contribution in [0.25, 0.3) is 0 Å². The van der Waals surface area contributed by atoms with Crippen LogP contribution < -0.4 is 0 Å². The summed E-state index contributed by atoms with van der Waals surface area (Å²) in [6, 6.07) is 9.68. The monoisotopic (exact) mass is 390 g/mol. The third kappa shape index (κ3) is 4.75. The highest BCUT2D eigenvalue weighted by Gasteiger charge is 2.48. The molecule has 146 valence electrons. The first-order valence-electron chi connectivity index (χ1n) is 8.88. The van der Waals surface area contributed by atoms with Crippen molar-refractivity contribution in [3.63, 3.8) is 0 Å². The number of carbonyl (C=O) groups is 2. The van der Waals surface area contributed by atoms with Crippen LogP contribution in [0.4, 0.5) is 4.79 Å². The zero-order valence-electron chi connectivity index (χ0n) is 16.2. The first kappa shape index (κ1) is 21.1. The molecule has 0 aromatic heterocycles. The summed E-state index contributed by atoms with van der Waals surface area (Å²) in [6.45, 7) is 6.13. The minimum absolute atomic E-state index is 0.351. The van der Waals surface area contributed by atoms with Crippen LogP contribution in [0.1, 0.15) is 39.2 Å². The van der Waals surface area contributed by atoms with Gasteiger partial charge >= 0.3 is 12.1 Å². The fourth-order valence-electron chi connectivity index (χ4n) is 3.51. The first-order valence-corrected chi connectivity index (χ1v) is 10.1.